The Labute approximate surface area is 222 Å². The Kier molecular flexibility index (Phi) is 8.81. The molecule has 4 rings (SSSR count). The van der Waals surface area contributed by atoms with E-state index < -0.39 is 18.2 Å². The van der Waals surface area contributed by atoms with Crippen molar-refractivity contribution in [3.05, 3.63) is 0 Å². The summed E-state index contributed by atoms with van der Waals surface area (Å²) >= 11 is 0. The lowest BCUT2D eigenvalue weighted by molar-refractivity contribution is -0.223. The van der Waals surface area contributed by atoms with Gasteiger partial charge in [-0.25, -0.2) is 4.79 Å². The topological polar surface area (TPSA) is 145 Å². The fourth-order valence-electron chi connectivity index (χ4n) is 9.55. The number of hydrogen-bond acceptors (Lipinski definition) is 5. The highest BCUT2D eigenvalue weighted by Crippen LogP contribution is 2.68. The van der Waals surface area contributed by atoms with Crippen LogP contribution in [-0.2, 0) is 4.79 Å². The van der Waals surface area contributed by atoms with Crippen LogP contribution in [0.15, 0.2) is 0 Å². The Morgan fingerprint density at radius 2 is 1.54 bits per heavy atom. The van der Waals surface area contributed by atoms with Crippen LogP contribution in [0.25, 0.3) is 0 Å². The zero-order valence-electron chi connectivity index (χ0n) is 23.1. The van der Waals surface area contributed by atoms with Gasteiger partial charge in [0.1, 0.15) is 0 Å². The largest absolute Gasteiger partial charge is 0.393 e. The van der Waals surface area contributed by atoms with Crippen molar-refractivity contribution in [1.82, 2.24) is 10.6 Å². The molecule has 0 spiro atoms. The predicted octanol–water partition coefficient (Wildman–Crippen LogP) is 2.93. The number of carbonyl (C=O) groups is 2. The standard InChI is InChI=1S/C29H51N3O5/c1-17(6-9-23(34)31-14-4-5-15-32-27(30)37)19-7-8-20-24-21(11-13-28(19,20)2)29(3)12-10-18(33)16-22(29)25(35)26(24)36/h17-22,24-26,33,35-36H,4-16H2,1-3H3,(H,31,34)(H3,30,32,37)/t17-,18-,19-,20+,21+,22+,24+,25+,26-,28-,29-/m0/s1. The molecule has 212 valence electrons. The highest BCUT2D eigenvalue weighted by molar-refractivity contribution is 5.75. The summed E-state index contributed by atoms with van der Waals surface area (Å²) in [7, 11) is 0. The number of primary amides is 1. The van der Waals surface area contributed by atoms with E-state index in [2.05, 4.69) is 31.4 Å². The van der Waals surface area contributed by atoms with Gasteiger partial charge in [0.25, 0.3) is 0 Å². The highest BCUT2D eigenvalue weighted by Gasteiger charge is 2.65. The first-order chi connectivity index (χ1) is 17.5. The molecule has 0 saturated heterocycles. The molecule has 4 aliphatic rings. The van der Waals surface area contributed by atoms with Gasteiger partial charge in [-0.05, 0) is 111 Å². The van der Waals surface area contributed by atoms with E-state index in [1.807, 2.05) is 0 Å². The lowest BCUT2D eigenvalue weighted by atomic mass is 9.43. The monoisotopic (exact) mass is 521 g/mol. The molecule has 8 nitrogen and oxygen atoms in total. The van der Waals surface area contributed by atoms with Gasteiger partial charge < -0.3 is 31.7 Å². The molecule has 0 heterocycles. The molecule has 7 N–H and O–H groups in total. The van der Waals surface area contributed by atoms with Crippen molar-refractivity contribution >= 4 is 11.9 Å². The van der Waals surface area contributed by atoms with E-state index in [-0.39, 0.29) is 34.7 Å². The van der Waals surface area contributed by atoms with Gasteiger partial charge in [0.15, 0.2) is 0 Å². The third kappa shape index (κ3) is 5.53. The van der Waals surface area contributed by atoms with Crippen molar-refractivity contribution in [3.63, 3.8) is 0 Å². The van der Waals surface area contributed by atoms with E-state index in [0.29, 0.717) is 49.6 Å². The second-order valence-electron chi connectivity index (χ2n) is 13.4. The van der Waals surface area contributed by atoms with Crippen LogP contribution in [0.4, 0.5) is 4.79 Å². The summed E-state index contributed by atoms with van der Waals surface area (Å²) in [6.45, 7) is 8.16. The molecule has 4 fully saturated rings. The van der Waals surface area contributed by atoms with Gasteiger partial charge in [0.05, 0.1) is 18.3 Å². The number of hydrogen-bond donors (Lipinski definition) is 6. The van der Waals surface area contributed by atoms with Crippen LogP contribution in [0.3, 0.4) is 0 Å². The molecule has 4 saturated carbocycles. The molecule has 0 aromatic heterocycles. The van der Waals surface area contributed by atoms with Crippen LogP contribution < -0.4 is 16.4 Å². The number of carbonyl (C=O) groups excluding carboxylic acids is 2. The molecule has 37 heavy (non-hydrogen) atoms. The number of aliphatic hydroxyl groups excluding tert-OH is 3. The van der Waals surface area contributed by atoms with Gasteiger partial charge in [-0.3, -0.25) is 4.79 Å². The Hall–Kier alpha value is -1.38. The summed E-state index contributed by atoms with van der Waals surface area (Å²) in [5.74, 6) is 1.93. The maximum absolute atomic E-state index is 12.4. The summed E-state index contributed by atoms with van der Waals surface area (Å²) < 4.78 is 0. The molecular formula is C29H51N3O5. The quantitative estimate of drug-likeness (QED) is 0.258. The minimum atomic E-state index is -0.754. The van der Waals surface area contributed by atoms with E-state index >= 15 is 0 Å². The summed E-state index contributed by atoms with van der Waals surface area (Å²) in [6.07, 6.45) is 7.92. The predicted molar refractivity (Wildman–Crippen MR) is 142 cm³/mol. The fourth-order valence-corrected chi connectivity index (χ4v) is 9.55. The van der Waals surface area contributed by atoms with Crippen LogP contribution in [0.1, 0.15) is 91.4 Å². The average Bonchev–Trinajstić information content (AvgIpc) is 3.21. The summed E-state index contributed by atoms with van der Waals surface area (Å²) in [5, 5.41) is 38.5. The molecule has 0 unspecified atom stereocenters. The van der Waals surface area contributed by atoms with Crippen molar-refractivity contribution in [2.45, 2.75) is 110 Å². The molecule has 0 bridgehead atoms. The number of urea groups is 1. The molecule has 0 radical (unpaired) electrons. The third-order valence-electron chi connectivity index (χ3n) is 11.5. The van der Waals surface area contributed by atoms with Crippen LogP contribution in [-0.4, -0.2) is 58.7 Å². The third-order valence-corrected chi connectivity index (χ3v) is 11.5. The number of nitrogens with one attached hydrogen (secondary N) is 2. The molecule has 0 aromatic carbocycles. The zero-order valence-corrected chi connectivity index (χ0v) is 23.1. The van der Waals surface area contributed by atoms with Gasteiger partial charge in [-0.15, -0.1) is 0 Å². The van der Waals surface area contributed by atoms with Gasteiger partial charge >= 0.3 is 6.03 Å². The summed E-state index contributed by atoms with van der Waals surface area (Å²) in [6, 6.07) is -0.518. The van der Waals surface area contributed by atoms with E-state index in [1.165, 1.54) is 0 Å². The molecule has 11 atom stereocenters. The van der Waals surface area contributed by atoms with Crippen molar-refractivity contribution in [2.75, 3.05) is 13.1 Å². The Bertz CT molecular complexity index is 825. The second kappa shape index (κ2) is 11.4. The van der Waals surface area contributed by atoms with Gasteiger partial charge in [0.2, 0.25) is 5.91 Å². The number of amides is 3. The number of nitrogens with two attached hydrogens (primary N) is 1. The molecule has 4 aliphatic carbocycles. The number of rotatable bonds is 9. The van der Waals surface area contributed by atoms with E-state index in [1.54, 1.807) is 0 Å². The minimum absolute atomic E-state index is 0.0123. The van der Waals surface area contributed by atoms with E-state index in [0.717, 1.165) is 57.8 Å². The normalized spacial score (nSPS) is 43.7. The Morgan fingerprint density at radius 3 is 2.24 bits per heavy atom. The number of aliphatic hydroxyl groups is 3. The summed E-state index contributed by atoms with van der Waals surface area (Å²) in [4.78, 5) is 23.1. The smallest absolute Gasteiger partial charge is 0.312 e. The van der Waals surface area contributed by atoms with E-state index in [9.17, 15) is 24.9 Å². The fraction of sp³-hybridized carbons (Fsp3) is 0.931. The SMILES string of the molecule is C[C@@H](CCC(=O)NCCCCNC(N)=O)[C@@H]1CC[C@@H]2[C@H]3[C@H](O)[C@H](O)[C@H]4C[C@@H](O)CC[C@@]4(C)[C@@H]3CC[C@]21C. The van der Waals surface area contributed by atoms with Crippen LogP contribution in [0, 0.1) is 46.3 Å². The lowest BCUT2D eigenvalue weighted by Crippen LogP contribution is -2.64. The second-order valence-corrected chi connectivity index (χ2v) is 13.4. The first kappa shape index (κ1) is 28.6. The maximum atomic E-state index is 12.4. The minimum Gasteiger partial charge on any atom is -0.393 e. The molecule has 3 amide bonds. The van der Waals surface area contributed by atoms with Crippen molar-refractivity contribution < 1.29 is 24.9 Å². The molecule has 0 aromatic rings. The number of fused-ring (bicyclic) bond motifs is 5. The van der Waals surface area contributed by atoms with Crippen molar-refractivity contribution in [1.29, 1.82) is 0 Å². The van der Waals surface area contributed by atoms with E-state index in [4.69, 9.17) is 5.73 Å². The number of unbranched alkanes of at least 4 members (excludes halogenated alkanes) is 1. The van der Waals surface area contributed by atoms with Crippen molar-refractivity contribution in [2.24, 2.45) is 52.1 Å². The first-order valence-corrected chi connectivity index (χ1v) is 14.8. The molecular weight excluding hydrogens is 470 g/mol. The van der Waals surface area contributed by atoms with Gasteiger partial charge in [0, 0.05) is 19.5 Å². The van der Waals surface area contributed by atoms with Crippen LogP contribution >= 0.6 is 0 Å². The van der Waals surface area contributed by atoms with Gasteiger partial charge in [-0.1, -0.05) is 20.8 Å². The first-order valence-electron chi connectivity index (χ1n) is 14.8. The van der Waals surface area contributed by atoms with Crippen molar-refractivity contribution in [3.8, 4) is 0 Å². The molecule has 0 aliphatic heterocycles. The highest BCUT2D eigenvalue weighted by atomic mass is 16.3. The average molecular weight is 522 g/mol. The Morgan fingerprint density at radius 1 is 0.892 bits per heavy atom. The summed E-state index contributed by atoms with van der Waals surface area (Å²) in [5.41, 5.74) is 5.17. The van der Waals surface area contributed by atoms with Gasteiger partial charge in [-0.2, -0.15) is 0 Å². The van der Waals surface area contributed by atoms with Crippen LogP contribution in [0.2, 0.25) is 0 Å². The Balaban J connectivity index is 1.33. The maximum Gasteiger partial charge on any atom is 0.312 e. The lowest BCUT2D eigenvalue weighted by Gasteiger charge is -2.63. The molecule has 8 heteroatoms. The zero-order chi connectivity index (χ0) is 27.0. The van der Waals surface area contributed by atoms with Crippen LogP contribution in [0.5, 0.6) is 0 Å².